The van der Waals surface area contributed by atoms with Crippen molar-refractivity contribution in [2.75, 3.05) is 11.1 Å². The SMILES string of the molecule is C=CCn1c(CNc2ccc(Cl)cc2)nnc1SCC(=O)N/N=C\c1ccc(O)cc1O. The minimum absolute atomic E-state index is 0.0635. The second kappa shape index (κ2) is 11.2. The van der Waals surface area contributed by atoms with E-state index in [-0.39, 0.29) is 23.2 Å². The highest BCUT2D eigenvalue weighted by atomic mass is 35.5. The van der Waals surface area contributed by atoms with Gasteiger partial charge in [0.05, 0.1) is 18.5 Å². The summed E-state index contributed by atoms with van der Waals surface area (Å²) in [5.41, 5.74) is 3.65. The minimum atomic E-state index is -0.349. The Morgan fingerprint density at radius 3 is 2.72 bits per heavy atom. The van der Waals surface area contributed by atoms with Gasteiger partial charge in [-0.15, -0.1) is 16.8 Å². The Hall–Kier alpha value is -3.50. The van der Waals surface area contributed by atoms with Crippen LogP contribution in [0, 0.1) is 0 Å². The number of amides is 1. The van der Waals surface area contributed by atoms with Gasteiger partial charge in [0.15, 0.2) is 11.0 Å². The molecule has 2 aromatic carbocycles. The molecule has 3 aromatic rings. The second-order valence-electron chi connectivity index (χ2n) is 6.48. The first-order valence-corrected chi connectivity index (χ1v) is 10.8. The number of nitrogens with one attached hydrogen (secondary N) is 2. The van der Waals surface area contributed by atoms with E-state index in [9.17, 15) is 15.0 Å². The van der Waals surface area contributed by atoms with Crippen molar-refractivity contribution in [2.45, 2.75) is 18.2 Å². The molecule has 0 fully saturated rings. The largest absolute Gasteiger partial charge is 0.508 e. The third-order valence-electron chi connectivity index (χ3n) is 4.14. The van der Waals surface area contributed by atoms with Gasteiger partial charge in [-0.05, 0) is 36.4 Å². The molecule has 0 aliphatic carbocycles. The van der Waals surface area contributed by atoms with E-state index < -0.39 is 0 Å². The summed E-state index contributed by atoms with van der Waals surface area (Å²) in [4.78, 5) is 12.1. The summed E-state index contributed by atoms with van der Waals surface area (Å²) in [6.45, 7) is 4.70. The molecule has 11 heteroatoms. The maximum atomic E-state index is 12.1. The number of rotatable bonds is 10. The Morgan fingerprint density at radius 2 is 2.00 bits per heavy atom. The summed E-state index contributed by atoms with van der Waals surface area (Å²) >= 11 is 7.12. The molecule has 0 aliphatic rings. The van der Waals surface area contributed by atoms with Crippen molar-refractivity contribution < 1.29 is 15.0 Å². The van der Waals surface area contributed by atoms with Gasteiger partial charge in [0.25, 0.3) is 5.91 Å². The fraction of sp³-hybridized carbons (Fsp3) is 0.143. The average molecular weight is 473 g/mol. The van der Waals surface area contributed by atoms with Gasteiger partial charge in [-0.3, -0.25) is 4.79 Å². The van der Waals surface area contributed by atoms with Crippen molar-refractivity contribution in [3.05, 3.63) is 71.5 Å². The van der Waals surface area contributed by atoms with Gasteiger partial charge in [0.2, 0.25) is 0 Å². The van der Waals surface area contributed by atoms with E-state index in [1.165, 1.54) is 36.2 Å². The van der Waals surface area contributed by atoms with Gasteiger partial charge in [0, 0.05) is 28.9 Å². The van der Waals surface area contributed by atoms with Crippen molar-refractivity contribution in [2.24, 2.45) is 5.10 Å². The molecule has 166 valence electrons. The monoisotopic (exact) mass is 472 g/mol. The van der Waals surface area contributed by atoms with Crippen LogP contribution in [-0.4, -0.2) is 42.9 Å². The first-order chi connectivity index (χ1) is 15.5. The van der Waals surface area contributed by atoms with Crippen LogP contribution < -0.4 is 10.7 Å². The minimum Gasteiger partial charge on any atom is -0.508 e. The van der Waals surface area contributed by atoms with Crippen molar-refractivity contribution >= 4 is 41.2 Å². The predicted molar refractivity (Wildman–Crippen MR) is 125 cm³/mol. The van der Waals surface area contributed by atoms with Crippen LogP contribution in [0.3, 0.4) is 0 Å². The summed E-state index contributed by atoms with van der Waals surface area (Å²) in [6.07, 6.45) is 3.02. The van der Waals surface area contributed by atoms with E-state index in [2.05, 4.69) is 32.6 Å². The molecule has 32 heavy (non-hydrogen) atoms. The zero-order valence-corrected chi connectivity index (χ0v) is 18.5. The molecule has 0 aliphatic heterocycles. The molecule has 1 aromatic heterocycles. The number of benzene rings is 2. The van der Waals surface area contributed by atoms with Gasteiger partial charge < -0.3 is 20.1 Å². The van der Waals surface area contributed by atoms with E-state index in [1.54, 1.807) is 18.2 Å². The highest BCUT2D eigenvalue weighted by Gasteiger charge is 2.13. The third kappa shape index (κ3) is 6.50. The Labute approximate surface area is 193 Å². The zero-order valence-electron chi connectivity index (χ0n) is 16.9. The van der Waals surface area contributed by atoms with Crippen molar-refractivity contribution in [1.29, 1.82) is 0 Å². The van der Waals surface area contributed by atoms with Crippen LogP contribution in [0.1, 0.15) is 11.4 Å². The van der Waals surface area contributed by atoms with Gasteiger partial charge in [0.1, 0.15) is 11.5 Å². The number of halogens is 1. The van der Waals surface area contributed by atoms with Crippen LogP contribution in [0.5, 0.6) is 11.5 Å². The van der Waals surface area contributed by atoms with E-state index >= 15 is 0 Å². The van der Waals surface area contributed by atoms with E-state index in [0.717, 1.165) is 5.69 Å². The molecule has 0 atom stereocenters. The molecule has 1 amide bonds. The normalized spacial score (nSPS) is 10.9. The number of phenolic OH excluding ortho intramolecular Hbond substituents is 2. The Morgan fingerprint density at radius 1 is 1.22 bits per heavy atom. The van der Waals surface area contributed by atoms with Gasteiger partial charge in [-0.25, -0.2) is 5.43 Å². The molecule has 4 N–H and O–H groups in total. The molecule has 3 rings (SSSR count). The molecule has 1 heterocycles. The van der Waals surface area contributed by atoms with Crippen LogP contribution in [0.15, 0.2) is 65.4 Å². The number of anilines is 1. The summed E-state index contributed by atoms with van der Waals surface area (Å²) in [5.74, 6) is 0.210. The second-order valence-corrected chi connectivity index (χ2v) is 7.86. The number of hydrogen-bond donors (Lipinski definition) is 4. The maximum Gasteiger partial charge on any atom is 0.250 e. The van der Waals surface area contributed by atoms with E-state index in [0.29, 0.717) is 34.7 Å². The number of thioether (sulfide) groups is 1. The Bertz CT molecular complexity index is 1120. The lowest BCUT2D eigenvalue weighted by Crippen LogP contribution is -2.20. The quantitative estimate of drug-likeness (QED) is 0.154. The first-order valence-electron chi connectivity index (χ1n) is 9.45. The number of carbonyl (C=O) groups excluding carboxylic acids is 1. The van der Waals surface area contributed by atoms with E-state index in [4.69, 9.17) is 11.6 Å². The molecule has 0 spiro atoms. The standard InChI is InChI=1S/C21H21ClN6O3S/c1-2-9-28-19(12-23-16-6-4-15(22)5-7-16)25-27-21(28)32-13-20(31)26-24-11-14-3-8-17(29)10-18(14)30/h2-8,10-11,23,29-30H,1,9,12-13H2,(H,26,31)/b24-11-. The van der Waals surface area contributed by atoms with Crippen LogP contribution in [-0.2, 0) is 17.9 Å². The Balaban J connectivity index is 1.55. The Kier molecular flexibility index (Phi) is 8.12. The number of aromatic hydroxyl groups is 2. The van der Waals surface area contributed by atoms with Crippen LogP contribution in [0.2, 0.25) is 5.02 Å². The topological polar surface area (TPSA) is 125 Å². The lowest BCUT2D eigenvalue weighted by Gasteiger charge is -2.09. The summed E-state index contributed by atoms with van der Waals surface area (Å²) in [6, 6.07) is 11.4. The number of allylic oxidation sites excluding steroid dienone is 1. The first kappa shape index (κ1) is 23.2. The molecule has 0 unspecified atom stereocenters. The number of nitrogens with zero attached hydrogens (tertiary/aromatic N) is 4. The van der Waals surface area contributed by atoms with E-state index in [1.807, 2.05) is 16.7 Å². The molecule has 0 radical (unpaired) electrons. The molecular weight excluding hydrogens is 452 g/mol. The summed E-state index contributed by atoms with van der Waals surface area (Å²) < 4.78 is 1.87. The fourth-order valence-corrected chi connectivity index (χ4v) is 3.48. The van der Waals surface area contributed by atoms with Crippen molar-refractivity contribution in [1.82, 2.24) is 20.2 Å². The summed E-state index contributed by atoms with van der Waals surface area (Å²) in [5, 5.41) is 35.7. The van der Waals surface area contributed by atoms with Crippen LogP contribution in [0.25, 0.3) is 0 Å². The maximum absolute atomic E-state index is 12.1. The molecule has 0 saturated heterocycles. The zero-order chi connectivity index (χ0) is 22.9. The van der Waals surface area contributed by atoms with Gasteiger partial charge in [-0.2, -0.15) is 5.10 Å². The lowest BCUT2D eigenvalue weighted by atomic mass is 10.2. The number of phenols is 2. The number of aromatic nitrogens is 3. The predicted octanol–water partition coefficient (Wildman–Crippen LogP) is 3.38. The van der Waals surface area contributed by atoms with Crippen LogP contribution in [0.4, 0.5) is 5.69 Å². The molecular formula is C21H21ClN6O3S. The van der Waals surface area contributed by atoms with Crippen molar-refractivity contribution in [3.63, 3.8) is 0 Å². The fourth-order valence-electron chi connectivity index (χ4n) is 2.60. The van der Waals surface area contributed by atoms with Crippen LogP contribution >= 0.6 is 23.4 Å². The van der Waals surface area contributed by atoms with Crippen molar-refractivity contribution in [3.8, 4) is 11.5 Å². The third-order valence-corrected chi connectivity index (χ3v) is 5.36. The molecule has 0 saturated carbocycles. The molecule has 9 nitrogen and oxygen atoms in total. The number of hydrazone groups is 1. The number of hydrogen-bond acceptors (Lipinski definition) is 8. The highest BCUT2D eigenvalue weighted by molar-refractivity contribution is 7.99. The average Bonchev–Trinajstić information content (AvgIpc) is 3.15. The summed E-state index contributed by atoms with van der Waals surface area (Å²) in [7, 11) is 0. The lowest BCUT2D eigenvalue weighted by molar-refractivity contribution is -0.118. The van der Waals surface area contributed by atoms with Gasteiger partial charge >= 0.3 is 0 Å². The van der Waals surface area contributed by atoms with Gasteiger partial charge in [-0.1, -0.05) is 29.4 Å². The number of carbonyl (C=O) groups is 1. The smallest absolute Gasteiger partial charge is 0.250 e. The highest BCUT2D eigenvalue weighted by Crippen LogP contribution is 2.21. The molecule has 0 bridgehead atoms.